The molecule has 5 heteroatoms. The Balaban J connectivity index is 1.96. The zero-order valence-corrected chi connectivity index (χ0v) is 8.40. The van der Waals surface area contributed by atoms with Crippen molar-refractivity contribution in [2.24, 2.45) is 0 Å². The molecule has 0 bridgehead atoms. The fourth-order valence-corrected chi connectivity index (χ4v) is 2.01. The van der Waals surface area contributed by atoms with Crippen LogP contribution in [0.4, 0.5) is 0 Å². The monoisotopic (exact) mass is 210 g/mol. The molecule has 1 amide bonds. The summed E-state index contributed by atoms with van der Waals surface area (Å²) in [6.45, 7) is 1.58. The van der Waals surface area contributed by atoms with E-state index in [1.54, 1.807) is 0 Å². The average molecular weight is 210 g/mol. The molecule has 0 aliphatic carbocycles. The first-order valence-electron chi connectivity index (χ1n) is 5.13. The summed E-state index contributed by atoms with van der Waals surface area (Å²) < 4.78 is 0. The summed E-state index contributed by atoms with van der Waals surface area (Å²) in [5.41, 5.74) is 0.193. The molecule has 2 rings (SSSR count). The van der Waals surface area contributed by atoms with E-state index in [0.717, 1.165) is 19.4 Å². The van der Waals surface area contributed by atoms with Gasteiger partial charge in [-0.1, -0.05) is 0 Å². The van der Waals surface area contributed by atoms with Gasteiger partial charge in [-0.15, -0.1) is 0 Å². The molecule has 2 N–H and O–H groups in total. The zero-order chi connectivity index (χ0) is 10.8. The van der Waals surface area contributed by atoms with Crippen LogP contribution in [-0.4, -0.2) is 41.0 Å². The molecule has 0 aromatic rings. The molecule has 82 valence electrons. The highest BCUT2D eigenvalue weighted by Gasteiger charge is 2.28. The second-order valence-electron chi connectivity index (χ2n) is 3.98. The highest BCUT2D eigenvalue weighted by atomic mass is 16.4. The highest BCUT2D eigenvalue weighted by molar-refractivity contribution is 5.97. The van der Waals surface area contributed by atoms with Gasteiger partial charge >= 0.3 is 5.97 Å². The molecule has 0 aromatic heterocycles. The van der Waals surface area contributed by atoms with Crippen molar-refractivity contribution in [2.75, 3.05) is 13.1 Å². The minimum Gasteiger partial charge on any atom is -0.478 e. The van der Waals surface area contributed by atoms with Crippen LogP contribution in [0.2, 0.25) is 0 Å². The molecule has 0 radical (unpaired) electrons. The molecule has 15 heavy (non-hydrogen) atoms. The SMILES string of the molecule is O=C(O)C1=CN(CC2CCCN2)C(=O)C1. The van der Waals surface area contributed by atoms with E-state index in [-0.39, 0.29) is 17.9 Å². The maximum absolute atomic E-state index is 11.5. The number of rotatable bonds is 3. The Bertz CT molecular complexity index is 319. The Hall–Kier alpha value is -1.36. The van der Waals surface area contributed by atoms with E-state index >= 15 is 0 Å². The molecule has 5 nitrogen and oxygen atoms in total. The summed E-state index contributed by atoms with van der Waals surface area (Å²) in [7, 11) is 0. The Kier molecular flexibility index (Phi) is 2.73. The predicted molar refractivity (Wildman–Crippen MR) is 53.1 cm³/mol. The average Bonchev–Trinajstić information content (AvgIpc) is 2.77. The minimum absolute atomic E-state index is 0.0298. The number of hydrogen-bond acceptors (Lipinski definition) is 3. The molecule has 2 aliphatic rings. The molecule has 1 saturated heterocycles. The van der Waals surface area contributed by atoms with Crippen LogP contribution in [0.1, 0.15) is 19.3 Å². The summed E-state index contributed by atoms with van der Waals surface area (Å²) in [5.74, 6) is -1.11. The Morgan fingerprint density at radius 2 is 2.47 bits per heavy atom. The van der Waals surface area contributed by atoms with Gasteiger partial charge in [0.1, 0.15) is 0 Å². The number of carbonyl (C=O) groups excluding carboxylic acids is 1. The number of hydrogen-bond donors (Lipinski definition) is 2. The Labute approximate surface area is 87.7 Å². The summed E-state index contributed by atoms with van der Waals surface area (Å²) in [6, 6.07) is 0.318. The van der Waals surface area contributed by atoms with Crippen molar-refractivity contribution >= 4 is 11.9 Å². The Morgan fingerprint density at radius 3 is 3.00 bits per heavy atom. The molecule has 0 saturated carbocycles. The smallest absolute Gasteiger partial charge is 0.333 e. The standard InChI is InChI=1S/C10H14N2O3/c13-9-4-7(10(14)15)5-12(9)6-8-2-1-3-11-8/h5,8,11H,1-4,6H2,(H,14,15). The van der Waals surface area contributed by atoms with Crippen molar-refractivity contribution in [3.63, 3.8) is 0 Å². The second-order valence-corrected chi connectivity index (χ2v) is 3.98. The van der Waals surface area contributed by atoms with Crippen LogP contribution in [-0.2, 0) is 9.59 Å². The van der Waals surface area contributed by atoms with Gasteiger partial charge in [-0.2, -0.15) is 0 Å². The third-order valence-electron chi connectivity index (χ3n) is 2.83. The van der Waals surface area contributed by atoms with Gasteiger partial charge in [-0.3, -0.25) is 4.79 Å². The van der Waals surface area contributed by atoms with Crippen LogP contribution < -0.4 is 5.32 Å². The largest absolute Gasteiger partial charge is 0.478 e. The minimum atomic E-state index is -0.995. The van der Waals surface area contributed by atoms with Crippen molar-refractivity contribution in [1.82, 2.24) is 10.2 Å². The van der Waals surface area contributed by atoms with Crippen molar-refractivity contribution in [3.05, 3.63) is 11.8 Å². The first-order chi connectivity index (χ1) is 7.16. The predicted octanol–water partition coefficient (Wildman–Crippen LogP) is -0.0608. The molecule has 0 spiro atoms. The van der Waals surface area contributed by atoms with Gasteiger partial charge < -0.3 is 15.3 Å². The zero-order valence-electron chi connectivity index (χ0n) is 8.40. The lowest BCUT2D eigenvalue weighted by Crippen LogP contribution is -2.36. The van der Waals surface area contributed by atoms with Gasteiger partial charge in [0.05, 0.1) is 12.0 Å². The van der Waals surface area contributed by atoms with E-state index in [0.29, 0.717) is 12.6 Å². The van der Waals surface area contributed by atoms with Gasteiger partial charge in [-0.05, 0) is 19.4 Å². The normalized spacial score (nSPS) is 25.9. The van der Waals surface area contributed by atoms with Crippen molar-refractivity contribution in [2.45, 2.75) is 25.3 Å². The Morgan fingerprint density at radius 1 is 1.67 bits per heavy atom. The molecule has 1 fully saturated rings. The van der Waals surface area contributed by atoms with Crippen LogP contribution in [0.15, 0.2) is 11.8 Å². The van der Waals surface area contributed by atoms with Gasteiger partial charge in [-0.25, -0.2) is 4.79 Å². The maximum atomic E-state index is 11.5. The fourth-order valence-electron chi connectivity index (χ4n) is 2.01. The number of amides is 1. The van der Waals surface area contributed by atoms with Gasteiger partial charge in [0.25, 0.3) is 0 Å². The van der Waals surface area contributed by atoms with Crippen LogP contribution >= 0.6 is 0 Å². The summed E-state index contributed by atoms with van der Waals surface area (Å²) in [4.78, 5) is 23.6. The summed E-state index contributed by atoms with van der Waals surface area (Å²) in [6.07, 6.45) is 3.68. The van der Waals surface area contributed by atoms with E-state index in [9.17, 15) is 9.59 Å². The maximum Gasteiger partial charge on any atom is 0.333 e. The van der Waals surface area contributed by atoms with Crippen LogP contribution in [0.3, 0.4) is 0 Å². The van der Waals surface area contributed by atoms with Crippen LogP contribution in [0.25, 0.3) is 0 Å². The van der Waals surface area contributed by atoms with Crippen LogP contribution in [0, 0.1) is 0 Å². The van der Waals surface area contributed by atoms with E-state index < -0.39 is 5.97 Å². The number of nitrogens with zero attached hydrogens (tertiary/aromatic N) is 1. The lowest BCUT2D eigenvalue weighted by Gasteiger charge is -2.18. The number of carboxylic acids is 1. The van der Waals surface area contributed by atoms with Gasteiger partial charge in [0.2, 0.25) is 5.91 Å². The first-order valence-corrected chi connectivity index (χ1v) is 5.13. The second kappa shape index (κ2) is 4.02. The van der Waals surface area contributed by atoms with Crippen molar-refractivity contribution in [1.29, 1.82) is 0 Å². The summed E-state index contributed by atoms with van der Waals surface area (Å²) in [5, 5.41) is 12.0. The fraction of sp³-hybridized carbons (Fsp3) is 0.600. The number of carboxylic acid groups (broad SMARTS) is 1. The third kappa shape index (κ3) is 2.18. The van der Waals surface area contributed by atoms with Crippen molar-refractivity contribution < 1.29 is 14.7 Å². The topological polar surface area (TPSA) is 69.6 Å². The van der Waals surface area contributed by atoms with Crippen LogP contribution in [0.5, 0.6) is 0 Å². The van der Waals surface area contributed by atoms with E-state index in [4.69, 9.17) is 5.11 Å². The lowest BCUT2D eigenvalue weighted by molar-refractivity contribution is -0.134. The number of carbonyl (C=O) groups is 2. The molecular weight excluding hydrogens is 196 g/mol. The van der Waals surface area contributed by atoms with Gasteiger partial charge in [0.15, 0.2) is 0 Å². The highest BCUT2D eigenvalue weighted by Crippen LogP contribution is 2.18. The van der Waals surface area contributed by atoms with E-state index in [2.05, 4.69) is 5.32 Å². The quantitative estimate of drug-likeness (QED) is 0.684. The molecule has 1 atom stereocenters. The first kappa shape index (κ1) is 10.2. The molecular formula is C10H14N2O3. The lowest BCUT2D eigenvalue weighted by atomic mass is 10.2. The van der Waals surface area contributed by atoms with E-state index in [1.165, 1.54) is 11.1 Å². The summed E-state index contributed by atoms with van der Waals surface area (Å²) >= 11 is 0. The molecule has 1 unspecified atom stereocenters. The third-order valence-corrected chi connectivity index (χ3v) is 2.83. The molecule has 2 aliphatic heterocycles. The van der Waals surface area contributed by atoms with E-state index in [1.807, 2.05) is 0 Å². The number of nitrogens with one attached hydrogen (secondary N) is 1. The number of aliphatic carboxylic acids is 1. The molecule has 0 aromatic carbocycles. The van der Waals surface area contributed by atoms with Gasteiger partial charge in [0, 0.05) is 18.8 Å². The van der Waals surface area contributed by atoms with Crippen molar-refractivity contribution in [3.8, 4) is 0 Å². The molecule has 2 heterocycles.